The number of halogens is 1. The summed E-state index contributed by atoms with van der Waals surface area (Å²) in [6, 6.07) is 12.2. The standard InChI is InChI=1S/C16H18INO4S/c1-18(11-12-4-6-13(21-2)7-5-12)23(19,20)14-8-9-16(22-3)15(17)10-14/h4-10H,11H2,1-3H3. The van der Waals surface area contributed by atoms with Gasteiger partial charge in [0.05, 0.1) is 22.7 Å². The van der Waals surface area contributed by atoms with Gasteiger partial charge in [-0.25, -0.2) is 8.42 Å². The molecule has 0 unspecified atom stereocenters. The van der Waals surface area contributed by atoms with E-state index in [1.54, 1.807) is 39.5 Å². The zero-order chi connectivity index (χ0) is 17.0. The minimum atomic E-state index is -3.56. The van der Waals surface area contributed by atoms with E-state index in [4.69, 9.17) is 9.47 Å². The Bertz CT molecular complexity index is 775. The summed E-state index contributed by atoms with van der Waals surface area (Å²) in [5, 5.41) is 0. The smallest absolute Gasteiger partial charge is 0.243 e. The van der Waals surface area contributed by atoms with Crippen molar-refractivity contribution in [2.24, 2.45) is 0 Å². The highest BCUT2D eigenvalue weighted by Gasteiger charge is 2.22. The number of rotatable bonds is 6. The molecule has 0 aliphatic carbocycles. The summed E-state index contributed by atoms with van der Waals surface area (Å²) in [6.45, 7) is 0.287. The summed E-state index contributed by atoms with van der Waals surface area (Å²) < 4.78 is 37.7. The number of benzene rings is 2. The average Bonchev–Trinajstić information content (AvgIpc) is 2.55. The number of methoxy groups -OCH3 is 2. The van der Waals surface area contributed by atoms with Crippen molar-refractivity contribution in [1.29, 1.82) is 0 Å². The molecule has 0 amide bonds. The molecule has 2 aromatic rings. The Morgan fingerprint density at radius 3 is 2.22 bits per heavy atom. The second kappa shape index (κ2) is 7.50. The summed E-state index contributed by atoms with van der Waals surface area (Å²) in [5.74, 6) is 1.39. The SMILES string of the molecule is COc1ccc(CN(C)S(=O)(=O)c2ccc(OC)c(I)c2)cc1. The van der Waals surface area contributed by atoms with Crippen LogP contribution < -0.4 is 9.47 Å². The molecular formula is C16H18INO4S. The van der Waals surface area contributed by atoms with Crippen LogP contribution in [0.5, 0.6) is 11.5 Å². The van der Waals surface area contributed by atoms with Crippen LogP contribution in [0, 0.1) is 3.57 Å². The first-order chi connectivity index (χ1) is 10.9. The van der Waals surface area contributed by atoms with E-state index in [0.717, 1.165) is 14.9 Å². The van der Waals surface area contributed by atoms with Crippen molar-refractivity contribution < 1.29 is 17.9 Å². The Morgan fingerprint density at radius 2 is 1.70 bits per heavy atom. The highest BCUT2D eigenvalue weighted by atomic mass is 127. The molecule has 0 saturated carbocycles. The number of ether oxygens (including phenoxy) is 2. The summed E-state index contributed by atoms with van der Waals surface area (Å²) in [4.78, 5) is 0.249. The van der Waals surface area contributed by atoms with Crippen LogP contribution in [0.3, 0.4) is 0 Å². The van der Waals surface area contributed by atoms with E-state index in [-0.39, 0.29) is 11.4 Å². The first-order valence-corrected chi connectivity index (χ1v) is 9.33. The van der Waals surface area contributed by atoms with Crippen LogP contribution in [-0.4, -0.2) is 34.0 Å². The van der Waals surface area contributed by atoms with Crippen molar-refractivity contribution in [3.05, 3.63) is 51.6 Å². The monoisotopic (exact) mass is 447 g/mol. The second-order valence-corrected chi connectivity index (χ2v) is 8.11. The van der Waals surface area contributed by atoms with E-state index in [1.165, 1.54) is 4.31 Å². The highest BCUT2D eigenvalue weighted by Crippen LogP contribution is 2.26. The number of hydrogen-bond donors (Lipinski definition) is 0. The zero-order valence-corrected chi connectivity index (χ0v) is 16.1. The van der Waals surface area contributed by atoms with Gasteiger partial charge in [0.15, 0.2) is 0 Å². The maximum atomic E-state index is 12.7. The Labute approximate surface area is 150 Å². The minimum absolute atomic E-state index is 0.249. The van der Waals surface area contributed by atoms with Gasteiger partial charge in [0, 0.05) is 13.6 Å². The molecule has 0 radical (unpaired) electrons. The first-order valence-electron chi connectivity index (χ1n) is 6.81. The summed E-state index contributed by atoms with van der Waals surface area (Å²) in [7, 11) is 1.16. The molecule has 2 rings (SSSR count). The fraction of sp³-hybridized carbons (Fsp3) is 0.250. The van der Waals surface area contributed by atoms with Gasteiger partial charge in [0.1, 0.15) is 11.5 Å². The quantitative estimate of drug-likeness (QED) is 0.639. The molecule has 7 heteroatoms. The topological polar surface area (TPSA) is 55.8 Å². The van der Waals surface area contributed by atoms with E-state index >= 15 is 0 Å². The largest absolute Gasteiger partial charge is 0.497 e. The molecule has 0 N–H and O–H groups in total. The molecule has 2 aromatic carbocycles. The van der Waals surface area contributed by atoms with Crippen LogP contribution in [0.25, 0.3) is 0 Å². The van der Waals surface area contributed by atoms with Crippen LogP contribution in [0.15, 0.2) is 47.4 Å². The third-order valence-corrected chi connectivity index (χ3v) is 6.04. The molecule has 0 aliphatic heterocycles. The minimum Gasteiger partial charge on any atom is -0.497 e. The summed E-state index contributed by atoms with van der Waals surface area (Å²) >= 11 is 2.06. The third-order valence-electron chi connectivity index (χ3n) is 3.40. The van der Waals surface area contributed by atoms with Gasteiger partial charge >= 0.3 is 0 Å². The van der Waals surface area contributed by atoms with Crippen LogP contribution in [-0.2, 0) is 16.6 Å². The number of hydrogen-bond acceptors (Lipinski definition) is 4. The first kappa shape index (κ1) is 18.0. The van der Waals surface area contributed by atoms with Crippen molar-refractivity contribution in [2.75, 3.05) is 21.3 Å². The number of sulfonamides is 1. The Hall–Kier alpha value is -1.32. The Balaban J connectivity index is 2.22. The van der Waals surface area contributed by atoms with Crippen LogP contribution in [0.4, 0.5) is 0 Å². The van der Waals surface area contributed by atoms with Crippen LogP contribution in [0.1, 0.15) is 5.56 Å². The zero-order valence-electron chi connectivity index (χ0n) is 13.1. The fourth-order valence-electron chi connectivity index (χ4n) is 2.06. The van der Waals surface area contributed by atoms with E-state index in [9.17, 15) is 8.42 Å². The van der Waals surface area contributed by atoms with Gasteiger partial charge < -0.3 is 9.47 Å². The van der Waals surface area contributed by atoms with Crippen LogP contribution >= 0.6 is 22.6 Å². The van der Waals surface area contributed by atoms with Crippen molar-refractivity contribution in [1.82, 2.24) is 4.31 Å². The second-order valence-electron chi connectivity index (χ2n) is 4.91. The Morgan fingerprint density at radius 1 is 1.04 bits per heavy atom. The van der Waals surface area contributed by atoms with E-state index < -0.39 is 10.0 Å². The molecule has 23 heavy (non-hydrogen) atoms. The predicted octanol–water partition coefficient (Wildman–Crippen LogP) is 3.13. The molecule has 0 atom stereocenters. The van der Waals surface area contributed by atoms with Gasteiger partial charge in [-0.1, -0.05) is 12.1 Å². The molecule has 0 saturated heterocycles. The fourth-order valence-corrected chi connectivity index (χ4v) is 4.19. The molecule has 124 valence electrons. The lowest BCUT2D eigenvalue weighted by atomic mass is 10.2. The van der Waals surface area contributed by atoms with E-state index in [2.05, 4.69) is 22.6 Å². The number of nitrogens with zero attached hydrogens (tertiary/aromatic N) is 1. The summed E-state index contributed by atoms with van der Waals surface area (Å²) in [6.07, 6.45) is 0. The van der Waals surface area contributed by atoms with Gasteiger partial charge in [0.25, 0.3) is 0 Å². The van der Waals surface area contributed by atoms with Crippen LogP contribution in [0.2, 0.25) is 0 Å². The van der Waals surface area contributed by atoms with Crippen molar-refractivity contribution in [2.45, 2.75) is 11.4 Å². The molecule has 0 aromatic heterocycles. The summed E-state index contributed by atoms with van der Waals surface area (Å²) in [5.41, 5.74) is 0.889. The normalized spacial score (nSPS) is 11.5. The maximum absolute atomic E-state index is 12.7. The van der Waals surface area contributed by atoms with Gasteiger partial charge in [-0.3, -0.25) is 0 Å². The molecule has 0 spiro atoms. The highest BCUT2D eigenvalue weighted by molar-refractivity contribution is 14.1. The van der Waals surface area contributed by atoms with Crippen molar-refractivity contribution in [3.63, 3.8) is 0 Å². The Kier molecular flexibility index (Phi) is 5.88. The lowest BCUT2D eigenvalue weighted by molar-refractivity contribution is 0.411. The van der Waals surface area contributed by atoms with Gasteiger partial charge in [-0.2, -0.15) is 4.31 Å². The van der Waals surface area contributed by atoms with E-state index in [0.29, 0.717) is 5.75 Å². The lowest BCUT2D eigenvalue weighted by Crippen LogP contribution is -2.26. The molecule has 5 nitrogen and oxygen atoms in total. The lowest BCUT2D eigenvalue weighted by Gasteiger charge is -2.18. The van der Waals surface area contributed by atoms with Crippen molar-refractivity contribution in [3.8, 4) is 11.5 Å². The molecule has 0 heterocycles. The van der Waals surface area contributed by atoms with Gasteiger partial charge in [-0.05, 0) is 58.5 Å². The average molecular weight is 447 g/mol. The van der Waals surface area contributed by atoms with Gasteiger partial charge in [0.2, 0.25) is 10.0 Å². The predicted molar refractivity (Wildman–Crippen MR) is 97.4 cm³/mol. The van der Waals surface area contributed by atoms with E-state index in [1.807, 2.05) is 24.3 Å². The third kappa shape index (κ3) is 4.15. The molecular weight excluding hydrogens is 429 g/mol. The molecule has 0 bridgehead atoms. The molecule has 0 aliphatic rings. The maximum Gasteiger partial charge on any atom is 0.243 e. The van der Waals surface area contributed by atoms with Gasteiger partial charge in [-0.15, -0.1) is 0 Å². The molecule has 0 fully saturated rings. The van der Waals surface area contributed by atoms with Crippen molar-refractivity contribution >= 4 is 32.6 Å².